The van der Waals surface area contributed by atoms with Crippen molar-refractivity contribution in [3.63, 3.8) is 0 Å². The lowest BCUT2D eigenvalue weighted by Gasteiger charge is -2.40. The number of aliphatic imine (C=N–C) groups is 1. The van der Waals surface area contributed by atoms with Crippen molar-refractivity contribution in [3.8, 4) is 0 Å². The Kier molecular flexibility index (Phi) is 12.2. The highest BCUT2D eigenvalue weighted by Gasteiger charge is 2.45. The molecule has 0 spiro atoms. The molecule has 0 fully saturated rings. The lowest BCUT2D eigenvalue weighted by molar-refractivity contribution is -0.159. The Morgan fingerprint density at radius 1 is 1.24 bits per heavy atom. The zero-order valence-corrected chi connectivity index (χ0v) is 19.4. The van der Waals surface area contributed by atoms with Gasteiger partial charge in [0.2, 0.25) is 11.7 Å². The van der Waals surface area contributed by atoms with Crippen molar-refractivity contribution >= 4 is 23.8 Å². The van der Waals surface area contributed by atoms with Gasteiger partial charge in [-0.3, -0.25) is 9.59 Å². The van der Waals surface area contributed by atoms with Crippen LogP contribution in [0.5, 0.6) is 0 Å². The van der Waals surface area contributed by atoms with E-state index in [2.05, 4.69) is 17.2 Å². The van der Waals surface area contributed by atoms with Gasteiger partial charge in [-0.2, -0.15) is 0 Å². The molecule has 1 aliphatic heterocycles. The van der Waals surface area contributed by atoms with Gasteiger partial charge in [0, 0.05) is 20.5 Å². The SMILES string of the molecule is CCCCCCCC(=O)OC[C@@H](O)[C@@H](OC)[C@@H]1OC(C(=O)O)=C[C@H](N=C(N)N)[C@H]1NC(C)=O. The number of ether oxygens (including phenoxy) is 3. The van der Waals surface area contributed by atoms with Crippen LogP contribution in [-0.2, 0) is 28.6 Å². The van der Waals surface area contributed by atoms with Crippen LogP contribution in [0.2, 0.25) is 0 Å². The number of nitrogens with two attached hydrogens (primary N) is 2. The van der Waals surface area contributed by atoms with Gasteiger partial charge in [-0.15, -0.1) is 0 Å². The Bertz CT molecular complexity index is 723. The maximum atomic E-state index is 12.0. The van der Waals surface area contributed by atoms with Crippen LogP contribution in [0.3, 0.4) is 0 Å². The van der Waals surface area contributed by atoms with Gasteiger partial charge >= 0.3 is 11.9 Å². The maximum absolute atomic E-state index is 12.0. The highest BCUT2D eigenvalue weighted by atomic mass is 16.6. The Labute approximate surface area is 193 Å². The lowest BCUT2D eigenvalue weighted by Crippen LogP contribution is -2.60. The average molecular weight is 473 g/mol. The first-order chi connectivity index (χ1) is 15.6. The number of hydrogen-bond acceptors (Lipinski definition) is 8. The zero-order valence-electron chi connectivity index (χ0n) is 19.4. The fraction of sp³-hybridized carbons (Fsp3) is 0.714. The molecule has 12 heteroatoms. The van der Waals surface area contributed by atoms with E-state index in [0.29, 0.717) is 6.42 Å². The molecule has 0 aliphatic carbocycles. The summed E-state index contributed by atoms with van der Waals surface area (Å²) in [5.74, 6) is -3.13. The molecule has 0 radical (unpaired) electrons. The van der Waals surface area contributed by atoms with Gasteiger partial charge in [-0.05, 0) is 12.5 Å². The molecule has 12 nitrogen and oxygen atoms in total. The Morgan fingerprint density at radius 3 is 2.45 bits per heavy atom. The molecule has 1 rings (SSSR count). The molecule has 1 aliphatic rings. The van der Waals surface area contributed by atoms with Crippen LogP contribution < -0.4 is 16.8 Å². The van der Waals surface area contributed by atoms with Gasteiger partial charge in [-0.1, -0.05) is 32.6 Å². The van der Waals surface area contributed by atoms with Gasteiger partial charge in [0.1, 0.15) is 18.8 Å². The van der Waals surface area contributed by atoms with Crippen LogP contribution in [0.15, 0.2) is 16.8 Å². The third-order valence-corrected chi connectivity index (χ3v) is 5.06. The summed E-state index contributed by atoms with van der Waals surface area (Å²) in [7, 11) is 1.27. The maximum Gasteiger partial charge on any atom is 0.370 e. The number of aliphatic hydroxyl groups is 1. The van der Waals surface area contributed by atoms with Crippen LogP contribution in [0, 0.1) is 0 Å². The summed E-state index contributed by atoms with van der Waals surface area (Å²) in [5.41, 5.74) is 10.9. The minimum absolute atomic E-state index is 0.223. The average Bonchev–Trinajstić information content (AvgIpc) is 2.73. The first kappa shape index (κ1) is 28.2. The minimum Gasteiger partial charge on any atom is -0.478 e. The number of unbranched alkanes of at least 4 members (excludes halogenated alkanes) is 4. The van der Waals surface area contributed by atoms with E-state index >= 15 is 0 Å². The molecule has 0 saturated heterocycles. The number of methoxy groups -OCH3 is 1. The normalized spacial score (nSPS) is 21.7. The van der Waals surface area contributed by atoms with E-state index in [4.69, 9.17) is 25.7 Å². The van der Waals surface area contributed by atoms with Crippen molar-refractivity contribution in [3.05, 3.63) is 11.8 Å². The van der Waals surface area contributed by atoms with Crippen LogP contribution in [-0.4, -0.2) is 78.1 Å². The summed E-state index contributed by atoms with van der Waals surface area (Å²) in [6.45, 7) is 2.95. The number of esters is 1. The predicted molar refractivity (Wildman–Crippen MR) is 119 cm³/mol. The second kappa shape index (κ2) is 14.3. The van der Waals surface area contributed by atoms with Crippen LogP contribution in [0.25, 0.3) is 0 Å². The molecule has 5 atom stereocenters. The summed E-state index contributed by atoms with van der Waals surface area (Å²) in [5, 5.41) is 22.7. The predicted octanol–water partition coefficient (Wildman–Crippen LogP) is -0.220. The van der Waals surface area contributed by atoms with Crippen LogP contribution in [0.4, 0.5) is 0 Å². The van der Waals surface area contributed by atoms with Crippen molar-refractivity contribution in [1.82, 2.24) is 5.32 Å². The molecule has 33 heavy (non-hydrogen) atoms. The molecule has 0 aromatic rings. The fourth-order valence-corrected chi connectivity index (χ4v) is 3.53. The standard InChI is InChI=1S/C21H36N4O8/c1-4-5-6-7-8-9-16(28)32-11-14(27)18(31-3)19-17(24-12(2)26)13(25-21(22)23)10-15(33-19)20(29)30/h10,13-14,17-19,27H,4-9,11H2,1-3H3,(H,24,26)(H,29,30)(H4,22,23,25)/t13-,14+,17+,18+,19+/m0/s1. The van der Waals surface area contributed by atoms with Crippen molar-refractivity contribution in [2.24, 2.45) is 16.5 Å². The first-order valence-electron chi connectivity index (χ1n) is 10.9. The molecule has 0 aromatic heterocycles. The number of rotatable bonds is 14. The van der Waals surface area contributed by atoms with Crippen molar-refractivity contribution in [2.45, 2.75) is 82.8 Å². The van der Waals surface area contributed by atoms with E-state index in [1.165, 1.54) is 14.0 Å². The molecule has 188 valence electrons. The van der Waals surface area contributed by atoms with Gasteiger partial charge < -0.3 is 41.2 Å². The number of carbonyl (C=O) groups is 3. The second-order valence-electron chi connectivity index (χ2n) is 7.80. The van der Waals surface area contributed by atoms with E-state index in [9.17, 15) is 24.6 Å². The third kappa shape index (κ3) is 9.66. The molecule has 7 N–H and O–H groups in total. The van der Waals surface area contributed by atoms with E-state index in [1.54, 1.807) is 0 Å². The monoisotopic (exact) mass is 472 g/mol. The highest BCUT2D eigenvalue weighted by Crippen LogP contribution is 2.26. The second-order valence-corrected chi connectivity index (χ2v) is 7.80. The van der Waals surface area contributed by atoms with Gasteiger partial charge in [-0.25, -0.2) is 9.79 Å². The fourth-order valence-electron chi connectivity index (χ4n) is 3.53. The van der Waals surface area contributed by atoms with Crippen molar-refractivity contribution in [2.75, 3.05) is 13.7 Å². The molecule has 1 heterocycles. The van der Waals surface area contributed by atoms with Gasteiger partial charge in [0.15, 0.2) is 12.1 Å². The van der Waals surface area contributed by atoms with E-state index in [1.807, 2.05) is 0 Å². The van der Waals surface area contributed by atoms with Crippen LogP contribution >= 0.6 is 0 Å². The molecule has 0 unspecified atom stereocenters. The lowest BCUT2D eigenvalue weighted by atomic mass is 9.92. The number of amides is 1. The van der Waals surface area contributed by atoms with Gasteiger partial charge in [0.25, 0.3) is 0 Å². The van der Waals surface area contributed by atoms with Crippen molar-refractivity contribution in [1.29, 1.82) is 0 Å². The van der Waals surface area contributed by atoms with E-state index in [0.717, 1.165) is 31.8 Å². The van der Waals surface area contributed by atoms with Gasteiger partial charge in [0.05, 0.1) is 12.1 Å². The highest BCUT2D eigenvalue weighted by molar-refractivity contribution is 5.85. The number of guanidine groups is 1. The summed E-state index contributed by atoms with van der Waals surface area (Å²) < 4.78 is 16.0. The van der Waals surface area contributed by atoms with Crippen LogP contribution in [0.1, 0.15) is 52.4 Å². The molecule has 0 bridgehead atoms. The Hall–Kier alpha value is -2.86. The van der Waals surface area contributed by atoms with E-state index in [-0.39, 0.29) is 12.4 Å². The topological polar surface area (TPSA) is 196 Å². The smallest absolute Gasteiger partial charge is 0.370 e. The summed E-state index contributed by atoms with van der Waals surface area (Å²) >= 11 is 0. The molecular weight excluding hydrogens is 436 g/mol. The Balaban J connectivity index is 2.94. The number of carboxylic acids is 1. The summed E-state index contributed by atoms with van der Waals surface area (Å²) in [6.07, 6.45) is 2.45. The first-order valence-corrected chi connectivity index (χ1v) is 10.9. The molecule has 0 aromatic carbocycles. The Morgan fingerprint density at radius 2 is 1.91 bits per heavy atom. The number of aliphatic hydroxyl groups excluding tert-OH is 1. The number of hydrogen-bond donors (Lipinski definition) is 5. The molecule has 1 amide bonds. The number of nitrogens with zero attached hydrogens (tertiary/aromatic N) is 1. The molecular formula is C21H36N4O8. The van der Waals surface area contributed by atoms with Crippen molar-refractivity contribution < 1.29 is 38.8 Å². The number of carbonyl (C=O) groups excluding carboxylic acids is 2. The number of carboxylic acid groups (broad SMARTS) is 1. The molecule has 0 saturated carbocycles. The quantitative estimate of drug-likeness (QED) is 0.0975. The largest absolute Gasteiger partial charge is 0.478 e. The minimum atomic E-state index is -1.39. The number of nitrogens with one attached hydrogen (secondary N) is 1. The summed E-state index contributed by atoms with van der Waals surface area (Å²) in [4.78, 5) is 39.3. The zero-order chi connectivity index (χ0) is 25.0. The number of aliphatic carboxylic acids is 1. The van der Waals surface area contributed by atoms with E-state index < -0.39 is 60.6 Å². The third-order valence-electron chi connectivity index (χ3n) is 5.06. The summed E-state index contributed by atoms with van der Waals surface area (Å²) in [6, 6.07) is -1.97.